The van der Waals surface area contributed by atoms with Gasteiger partial charge in [-0.15, -0.1) is 0 Å². The van der Waals surface area contributed by atoms with Crippen molar-refractivity contribution in [2.45, 2.75) is 30.1 Å². The van der Waals surface area contributed by atoms with Crippen LogP contribution in [0.5, 0.6) is 5.75 Å². The molecule has 0 unspecified atom stereocenters. The van der Waals surface area contributed by atoms with E-state index in [-0.39, 0.29) is 11.5 Å². The van der Waals surface area contributed by atoms with Crippen LogP contribution in [0.4, 0.5) is 0 Å². The van der Waals surface area contributed by atoms with E-state index in [2.05, 4.69) is 0 Å². The second-order valence-electron chi connectivity index (χ2n) is 4.00. The first-order valence-electron chi connectivity index (χ1n) is 5.90. The van der Waals surface area contributed by atoms with E-state index in [0.29, 0.717) is 22.7 Å². The smallest absolute Gasteiger partial charge is 0.310 e. The van der Waals surface area contributed by atoms with Crippen LogP contribution >= 0.6 is 23.5 Å². The van der Waals surface area contributed by atoms with Crippen LogP contribution in [0, 0.1) is 18.3 Å². The summed E-state index contributed by atoms with van der Waals surface area (Å²) < 4.78 is 5.92. The van der Waals surface area contributed by atoms with Crippen LogP contribution < -0.4 is 4.74 Å². The Kier molecular flexibility index (Phi) is 4.53. The molecule has 6 heteroatoms. The zero-order chi connectivity index (χ0) is 14.7. The van der Waals surface area contributed by atoms with Crippen LogP contribution in [0.25, 0.3) is 0 Å². The van der Waals surface area contributed by atoms with Crippen molar-refractivity contribution in [1.29, 1.82) is 5.26 Å². The molecule has 1 heterocycles. The number of aldehydes is 1. The van der Waals surface area contributed by atoms with Crippen molar-refractivity contribution >= 4 is 35.8 Å². The van der Waals surface area contributed by atoms with Gasteiger partial charge in [0.25, 0.3) is 0 Å². The Hall–Kier alpha value is -1.71. The Balaban J connectivity index is 2.45. The van der Waals surface area contributed by atoms with Gasteiger partial charge < -0.3 is 4.74 Å². The standard InChI is InChI=1S/C14H11NO3S2/c1-3-11(17)18-10-5-4-8(2)12-13(10)20-14(19-12)9(6-15)7-16/h4-5,7H,3H2,1-2H3/b14-9-. The van der Waals surface area contributed by atoms with Gasteiger partial charge in [0.1, 0.15) is 17.4 Å². The molecule has 1 aromatic rings. The average molecular weight is 305 g/mol. The fraction of sp³-hybridized carbons (Fsp3) is 0.214. The molecule has 0 N–H and O–H groups in total. The Bertz CT molecular complexity index is 659. The number of benzene rings is 1. The first-order chi connectivity index (χ1) is 9.60. The molecule has 0 amide bonds. The Morgan fingerprint density at radius 2 is 2.10 bits per heavy atom. The van der Waals surface area contributed by atoms with Crippen molar-refractivity contribution in [3.05, 3.63) is 27.5 Å². The molecule has 0 atom stereocenters. The van der Waals surface area contributed by atoms with Gasteiger partial charge in [0.2, 0.25) is 0 Å². The van der Waals surface area contributed by atoms with E-state index >= 15 is 0 Å². The van der Waals surface area contributed by atoms with Crippen LogP contribution in [0.15, 0.2) is 31.7 Å². The lowest BCUT2D eigenvalue weighted by Gasteiger charge is -2.08. The summed E-state index contributed by atoms with van der Waals surface area (Å²) in [6, 6.07) is 5.48. The lowest BCUT2D eigenvalue weighted by atomic mass is 10.2. The van der Waals surface area contributed by atoms with Crippen molar-refractivity contribution in [2.24, 2.45) is 0 Å². The molecule has 0 saturated carbocycles. The molecule has 0 saturated heterocycles. The fourth-order valence-corrected chi connectivity index (χ4v) is 4.16. The largest absolute Gasteiger partial charge is 0.425 e. The highest BCUT2D eigenvalue weighted by molar-refractivity contribution is 8.24. The van der Waals surface area contributed by atoms with Gasteiger partial charge in [-0.3, -0.25) is 9.59 Å². The number of nitrogens with zero attached hydrogens (tertiary/aromatic N) is 1. The monoisotopic (exact) mass is 305 g/mol. The van der Waals surface area contributed by atoms with Crippen LogP contribution in [-0.2, 0) is 9.59 Å². The number of ether oxygens (including phenoxy) is 1. The topological polar surface area (TPSA) is 67.2 Å². The molecule has 1 aromatic carbocycles. The zero-order valence-electron chi connectivity index (χ0n) is 10.9. The molecule has 0 bridgehead atoms. The number of esters is 1. The van der Waals surface area contributed by atoms with E-state index in [1.807, 2.05) is 19.1 Å². The number of carbonyl (C=O) groups excluding carboxylic acids is 2. The van der Waals surface area contributed by atoms with Gasteiger partial charge in [-0.1, -0.05) is 36.5 Å². The number of hydrogen-bond donors (Lipinski definition) is 0. The van der Waals surface area contributed by atoms with Crippen LogP contribution in [-0.4, -0.2) is 12.3 Å². The van der Waals surface area contributed by atoms with Crippen molar-refractivity contribution in [1.82, 2.24) is 0 Å². The second-order valence-corrected chi connectivity index (χ2v) is 6.30. The van der Waals surface area contributed by atoms with Crippen LogP contribution in [0.2, 0.25) is 0 Å². The third kappa shape index (κ3) is 2.74. The maximum absolute atomic E-state index is 11.4. The number of hydrogen-bond acceptors (Lipinski definition) is 6. The third-order valence-electron chi connectivity index (χ3n) is 2.63. The predicted molar refractivity (Wildman–Crippen MR) is 77.5 cm³/mol. The summed E-state index contributed by atoms with van der Waals surface area (Å²) in [4.78, 5) is 24.0. The van der Waals surface area contributed by atoms with Crippen molar-refractivity contribution in [2.75, 3.05) is 0 Å². The fourth-order valence-electron chi connectivity index (χ4n) is 1.58. The van der Waals surface area contributed by atoms with Crippen LogP contribution in [0.1, 0.15) is 18.9 Å². The summed E-state index contributed by atoms with van der Waals surface area (Å²) in [7, 11) is 0. The van der Waals surface area contributed by atoms with Gasteiger partial charge in [0.15, 0.2) is 6.29 Å². The summed E-state index contributed by atoms with van der Waals surface area (Å²) in [5.41, 5.74) is 1.12. The maximum atomic E-state index is 11.4. The number of allylic oxidation sites excluding steroid dienone is 1. The molecule has 20 heavy (non-hydrogen) atoms. The lowest BCUT2D eigenvalue weighted by molar-refractivity contribution is -0.134. The van der Waals surface area contributed by atoms with E-state index in [1.165, 1.54) is 23.5 Å². The molecule has 0 spiro atoms. The number of carbonyl (C=O) groups is 2. The number of nitriles is 1. The van der Waals surface area contributed by atoms with Gasteiger partial charge >= 0.3 is 5.97 Å². The third-order valence-corrected chi connectivity index (χ3v) is 5.41. The maximum Gasteiger partial charge on any atom is 0.310 e. The Morgan fingerprint density at radius 1 is 1.40 bits per heavy atom. The normalized spacial score (nSPS) is 15.2. The molecule has 2 rings (SSSR count). The molecule has 102 valence electrons. The summed E-state index contributed by atoms with van der Waals surface area (Å²) in [6.45, 7) is 3.66. The van der Waals surface area contributed by atoms with E-state index in [1.54, 1.807) is 13.0 Å². The minimum Gasteiger partial charge on any atom is -0.425 e. The van der Waals surface area contributed by atoms with Gasteiger partial charge in [0, 0.05) is 11.3 Å². The van der Waals surface area contributed by atoms with E-state index in [4.69, 9.17) is 10.00 Å². The highest BCUT2D eigenvalue weighted by Crippen LogP contribution is 2.56. The lowest BCUT2D eigenvalue weighted by Crippen LogP contribution is -2.06. The van der Waals surface area contributed by atoms with Crippen molar-refractivity contribution < 1.29 is 14.3 Å². The minimum absolute atomic E-state index is 0.100. The van der Waals surface area contributed by atoms with Gasteiger partial charge in [-0.2, -0.15) is 5.26 Å². The molecule has 0 radical (unpaired) electrons. The first kappa shape index (κ1) is 14.7. The summed E-state index contributed by atoms with van der Waals surface area (Å²) in [5.74, 6) is 0.170. The quantitative estimate of drug-likeness (QED) is 0.280. The minimum atomic E-state index is -0.310. The van der Waals surface area contributed by atoms with Crippen molar-refractivity contribution in [3.63, 3.8) is 0 Å². The molecule has 0 aliphatic carbocycles. The molecule has 0 fully saturated rings. The molecule has 4 nitrogen and oxygen atoms in total. The SMILES string of the molecule is CCC(=O)Oc1ccc(C)c2c1S/C(=C(/C#N)C=O)S2. The number of thioether (sulfide) groups is 2. The summed E-state index contributed by atoms with van der Waals surface area (Å²) in [6.07, 6.45) is 0.842. The van der Waals surface area contributed by atoms with Crippen molar-refractivity contribution in [3.8, 4) is 11.8 Å². The number of fused-ring (bicyclic) bond motifs is 1. The number of aryl methyl sites for hydroxylation is 1. The summed E-state index contributed by atoms with van der Waals surface area (Å²) in [5, 5.41) is 8.94. The Labute approximate surface area is 125 Å². The van der Waals surface area contributed by atoms with Gasteiger partial charge in [0.05, 0.1) is 9.13 Å². The highest BCUT2D eigenvalue weighted by Gasteiger charge is 2.26. The molecular weight excluding hydrogens is 294 g/mol. The van der Waals surface area contributed by atoms with E-state index < -0.39 is 0 Å². The highest BCUT2D eigenvalue weighted by atomic mass is 32.2. The summed E-state index contributed by atoms with van der Waals surface area (Å²) >= 11 is 2.66. The molecular formula is C14H11NO3S2. The molecule has 1 aliphatic rings. The van der Waals surface area contributed by atoms with Gasteiger partial charge in [-0.05, 0) is 18.6 Å². The second kappa shape index (κ2) is 6.16. The van der Waals surface area contributed by atoms with E-state index in [0.717, 1.165) is 15.4 Å². The number of rotatable bonds is 3. The molecule has 1 aliphatic heterocycles. The Morgan fingerprint density at radius 3 is 2.70 bits per heavy atom. The van der Waals surface area contributed by atoms with Gasteiger partial charge in [-0.25, -0.2) is 0 Å². The molecule has 0 aromatic heterocycles. The first-order valence-corrected chi connectivity index (χ1v) is 7.53. The predicted octanol–water partition coefficient (Wildman–Crippen LogP) is 3.44. The van der Waals surface area contributed by atoms with Crippen LogP contribution in [0.3, 0.4) is 0 Å². The van der Waals surface area contributed by atoms with E-state index in [9.17, 15) is 9.59 Å². The zero-order valence-corrected chi connectivity index (χ0v) is 12.6. The average Bonchev–Trinajstić information content (AvgIpc) is 2.89.